The van der Waals surface area contributed by atoms with Gasteiger partial charge in [-0.3, -0.25) is 0 Å². The molecule has 0 saturated heterocycles. The first-order valence-corrected chi connectivity index (χ1v) is 6.10. The molecule has 1 heterocycles. The molecule has 0 bridgehead atoms. The number of hydrogen-bond acceptors (Lipinski definition) is 3. The predicted molar refractivity (Wildman–Crippen MR) is 66.0 cm³/mol. The second-order valence-electron chi connectivity index (χ2n) is 3.24. The molecule has 0 amide bonds. The molecule has 0 saturated carbocycles. The first-order chi connectivity index (χ1) is 7.81. The number of aliphatic hydroxyl groups is 1. The Morgan fingerprint density at radius 3 is 2.81 bits per heavy atom. The monoisotopic (exact) mass is 254 g/mol. The smallest absolute Gasteiger partial charge is 0.126 e. The fraction of sp³-hybridized carbons (Fsp3) is 0.167. The fourth-order valence-corrected chi connectivity index (χ4v) is 2.21. The zero-order chi connectivity index (χ0) is 11.4. The van der Waals surface area contributed by atoms with Crippen molar-refractivity contribution < 1.29 is 9.84 Å². The van der Waals surface area contributed by atoms with Crippen LogP contribution >= 0.6 is 22.9 Å². The van der Waals surface area contributed by atoms with Crippen molar-refractivity contribution in [2.24, 2.45) is 0 Å². The van der Waals surface area contributed by atoms with Crippen LogP contribution in [0.25, 0.3) is 0 Å². The lowest BCUT2D eigenvalue weighted by atomic mass is 10.2. The average Bonchev–Trinajstić information content (AvgIpc) is 2.79. The van der Waals surface area contributed by atoms with E-state index in [1.807, 2.05) is 29.6 Å². The second-order valence-corrected chi connectivity index (χ2v) is 4.68. The fourth-order valence-electron chi connectivity index (χ4n) is 1.37. The van der Waals surface area contributed by atoms with Crippen molar-refractivity contribution in [3.05, 3.63) is 51.2 Å². The first kappa shape index (κ1) is 11.5. The van der Waals surface area contributed by atoms with E-state index in [1.165, 1.54) is 0 Å². The summed E-state index contributed by atoms with van der Waals surface area (Å²) in [4.78, 5) is 1.14. The summed E-state index contributed by atoms with van der Waals surface area (Å²) in [6.45, 7) is 0.393. The van der Waals surface area contributed by atoms with Crippen molar-refractivity contribution >= 4 is 22.9 Å². The highest BCUT2D eigenvalue weighted by molar-refractivity contribution is 7.09. The minimum Gasteiger partial charge on any atom is -0.488 e. The molecule has 0 aliphatic carbocycles. The summed E-state index contributed by atoms with van der Waals surface area (Å²) in [6, 6.07) is 9.35. The number of rotatable bonds is 4. The molecule has 0 aliphatic rings. The molecule has 1 aromatic heterocycles. The Balaban J connectivity index is 2.12. The van der Waals surface area contributed by atoms with E-state index < -0.39 is 0 Å². The van der Waals surface area contributed by atoms with Crippen LogP contribution in [0.4, 0.5) is 0 Å². The van der Waals surface area contributed by atoms with Gasteiger partial charge in [0.15, 0.2) is 0 Å². The maximum Gasteiger partial charge on any atom is 0.126 e. The van der Waals surface area contributed by atoms with Crippen molar-refractivity contribution in [2.45, 2.75) is 13.2 Å². The molecule has 1 aromatic carbocycles. The van der Waals surface area contributed by atoms with Crippen LogP contribution in [0.2, 0.25) is 5.02 Å². The normalized spacial score (nSPS) is 10.4. The van der Waals surface area contributed by atoms with Gasteiger partial charge < -0.3 is 9.84 Å². The molecule has 2 rings (SSSR count). The van der Waals surface area contributed by atoms with E-state index in [4.69, 9.17) is 16.3 Å². The van der Waals surface area contributed by atoms with Gasteiger partial charge in [-0.15, -0.1) is 11.3 Å². The van der Waals surface area contributed by atoms with Crippen LogP contribution in [-0.2, 0) is 13.2 Å². The van der Waals surface area contributed by atoms with E-state index >= 15 is 0 Å². The third-order valence-corrected chi connectivity index (χ3v) is 3.39. The van der Waals surface area contributed by atoms with Crippen molar-refractivity contribution in [3.63, 3.8) is 0 Å². The summed E-state index contributed by atoms with van der Waals surface area (Å²) in [6.07, 6.45) is 0. The highest BCUT2D eigenvalue weighted by atomic mass is 35.5. The van der Waals surface area contributed by atoms with Gasteiger partial charge in [0.25, 0.3) is 0 Å². The van der Waals surface area contributed by atoms with Gasteiger partial charge in [-0.05, 0) is 23.6 Å². The predicted octanol–water partition coefficient (Wildman–Crippen LogP) is 3.47. The quantitative estimate of drug-likeness (QED) is 0.905. The van der Waals surface area contributed by atoms with Gasteiger partial charge in [0, 0.05) is 15.5 Å². The van der Waals surface area contributed by atoms with E-state index in [0.717, 1.165) is 4.88 Å². The molecular weight excluding hydrogens is 244 g/mol. The van der Waals surface area contributed by atoms with Gasteiger partial charge >= 0.3 is 0 Å². The molecular formula is C12H11ClO2S. The first-order valence-electron chi connectivity index (χ1n) is 4.84. The van der Waals surface area contributed by atoms with Crippen LogP contribution in [0.5, 0.6) is 5.75 Å². The van der Waals surface area contributed by atoms with Crippen LogP contribution < -0.4 is 4.74 Å². The molecule has 84 valence electrons. The lowest BCUT2D eigenvalue weighted by Crippen LogP contribution is -1.97. The number of ether oxygens (including phenoxy) is 1. The molecule has 0 atom stereocenters. The standard InChI is InChI=1S/C12H11ClO2S/c13-11-4-1-5-12(10(11)7-14)15-8-9-3-2-6-16-9/h1-6,14H,7-8H2. The number of benzene rings is 1. The lowest BCUT2D eigenvalue weighted by molar-refractivity contribution is 0.260. The van der Waals surface area contributed by atoms with Crippen LogP contribution in [0, 0.1) is 0 Å². The lowest BCUT2D eigenvalue weighted by Gasteiger charge is -2.10. The molecule has 2 aromatic rings. The Labute approximate surface area is 103 Å². The summed E-state index contributed by atoms with van der Waals surface area (Å²) in [5.41, 5.74) is 0.640. The molecule has 0 aliphatic heterocycles. The Hall–Kier alpha value is -1.03. The van der Waals surface area contributed by atoms with Crippen LogP contribution in [-0.4, -0.2) is 5.11 Å². The zero-order valence-electron chi connectivity index (χ0n) is 8.52. The van der Waals surface area contributed by atoms with Crippen molar-refractivity contribution in [2.75, 3.05) is 0 Å². The molecule has 0 spiro atoms. The van der Waals surface area contributed by atoms with Crippen LogP contribution in [0.15, 0.2) is 35.7 Å². The molecule has 2 nitrogen and oxygen atoms in total. The summed E-state index contributed by atoms with van der Waals surface area (Å²) >= 11 is 7.59. The molecule has 0 radical (unpaired) electrons. The number of hydrogen-bond donors (Lipinski definition) is 1. The molecule has 16 heavy (non-hydrogen) atoms. The van der Waals surface area contributed by atoms with Crippen molar-refractivity contribution in [3.8, 4) is 5.75 Å². The van der Waals surface area contributed by atoms with E-state index in [0.29, 0.717) is 22.9 Å². The molecule has 0 fully saturated rings. The van der Waals surface area contributed by atoms with E-state index in [1.54, 1.807) is 17.4 Å². The highest BCUT2D eigenvalue weighted by Gasteiger charge is 2.07. The Kier molecular flexibility index (Phi) is 3.83. The van der Waals surface area contributed by atoms with Gasteiger partial charge in [0.05, 0.1) is 6.61 Å². The molecule has 0 unspecified atom stereocenters. The Bertz CT molecular complexity index is 454. The van der Waals surface area contributed by atoms with Crippen molar-refractivity contribution in [1.29, 1.82) is 0 Å². The van der Waals surface area contributed by atoms with Crippen LogP contribution in [0.3, 0.4) is 0 Å². The Morgan fingerprint density at radius 1 is 1.25 bits per heavy atom. The average molecular weight is 255 g/mol. The minimum absolute atomic E-state index is 0.112. The summed E-state index contributed by atoms with van der Waals surface area (Å²) in [5.74, 6) is 0.642. The highest BCUT2D eigenvalue weighted by Crippen LogP contribution is 2.27. The van der Waals surface area contributed by atoms with Gasteiger partial charge in [-0.25, -0.2) is 0 Å². The molecule has 4 heteroatoms. The third-order valence-electron chi connectivity index (χ3n) is 2.18. The SMILES string of the molecule is OCc1c(Cl)cccc1OCc1cccs1. The van der Waals surface area contributed by atoms with Gasteiger partial charge in [-0.2, -0.15) is 0 Å². The largest absolute Gasteiger partial charge is 0.488 e. The van der Waals surface area contributed by atoms with E-state index in [-0.39, 0.29) is 6.61 Å². The number of thiophene rings is 1. The zero-order valence-corrected chi connectivity index (χ0v) is 10.1. The van der Waals surface area contributed by atoms with Gasteiger partial charge in [0.2, 0.25) is 0 Å². The van der Waals surface area contributed by atoms with E-state index in [9.17, 15) is 5.11 Å². The summed E-state index contributed by atoms with van der Waals surface area (Å²) < 4.78 is 5.62. The second kappa shape index (κ2) is 5.34. The third kappa shape index (κ3) is 2.55. The van der Waals surface area contributed by atoms with Gasteiger partial charge in [0.1, 0.15) is 12.4 Å². The maximum atomic E-state index is 9.19. The number of aliphatic hydroxyl groups excluding tert-OH is 1. The minimum atomic E-state index is -0.112. The topological polar surface area (TPSA) is 29.5 Å². The van der Waals surface area contributed by atoms with Crippen LogP contribution in [0.1, 0.15) is 10.4 Å². The van der Waals surface area contributed by atoms with Crippen molar-refractivity contribution in [1.82, 2.24) is 0 Å². The molecule has 1 N–H and O–H groups in total. The van der Waals surface area contributed by atoms with E-state index in [2.05, 4.69) is 0 Å². The Morgan fingerprint density at radius 2 is 2.12 bits per heavy atom. The summed E-state index contributed by atoms with van der Waals surface area (Å²) in [7, 11) is 0. The number of halogens is 1. The van der Waals surface area contributed by atoms with Gasteiger partial charge in [-0.1, -0.05) is 23.7 Å². The maximum absolute atomic E-state index is 9.19. The summed E-state index contributed by atoms with van der Waals surface area (Å²) in [5, 5.41) is 11.7.